The fraction of sp³-hybridized carbons (Fsp3) is 0.364. The van der Waals surface area contributed by atoms with E-state index in [2.05, 4.69) is 4.74 Å². The lowest BCUT2D eigenvalue weighted by Gasteiger charge is -2.21. The molecule has 1 N–H and O–H groups in total. The number of benzene rings is 1. The topological polar surface area (TPSA) is 80.7 Å². The molecular formula is C11H10F4O5S. The predicted octanol–water partition coefficient (Wildman–Crippen LogP) is 1.78. The molecule has 1 rings (SSSR count). The van der Waals surface area contributed by atoms with Crippen molar-refractivity contribution in [1.82, 2.24) is 0 Å². The molecule has 0 bridgehead atoms. The van der Waals surface area contributed by atoms with Crippen molar-refractivity contribution in [2.24, 2.45) is 0 Å². The van der Waals surface area contributed by atoms with E-state index in [0.29, 0.717) is 0 Å². The van der Waals surface area contributed by atoms with Gasteiger partial charge >= 0.3 is 17.1 Å². The van der Waals surface area contributed by atoms with Crippen LogP contribution in [0.15, 0.2) is 24.3 Å². The maximum Gasteiger partial charge on any atom is 0.404 e. The number of carbonyl (C=O) groups is 1. The highest BCUT2D eigenvalue weighted by Crippen LogP contribution is 2.37. The Morgan fingerprint density at radius 2 is 1.86 bits per heavy atom. The molecule has 0 unspecified atom stereocenters. The van der Waals surface area contributed by atoms with Gasteiger partial charge in [0.05, 0.1) is 18.6 Å². The Morgan fingerprint density at radius 3 is 2.38 bits per heavy atom. The van der Waals surface area contributed by atoms with Gasteiger partial charge in [-0.2, -0.15) is 17.6 Å². The van der Waals surface area contributed by atoms with Crippen LogP contribution in [0.1, 0.15) is 16.8 Å². The van der Waals surface area contributed by atoms with Crippen molar-refractivity contribution in [1.29, 1.82) is 0 Å². The molecule has 0 saturated heterocycles. The fourth-order valence-electron chi connectivity index (χ4n) is 1.27. The lowest BCUT2D eigenvalue weighted by molar-refractivity contribution is -0.163. The van der Waals surface area contributed by atoms with E-state index in [1.807, 2.05) is 0 Å². The molecule has 1 aromatic rings. The largest absolute Gasteiger partial charge is 0.508 e. The van der Waals surface area contributed by atoms with Crippen LogP contribution in [0.25, 0.3) is 0 Å². The molecule has 0 spiro atoms. The first-order chi connectivity index (χ1) is 9.58. The summed E-state index contributed by atoms with van der Waals surface area (Å²) in [5.41, 5.74) is -0.167. The number of phenolic OH excluding ortho intramolecular Hbond substituents is 1. The summed E-state index contributed by atoms with van der Waals surface area (Å²) in [6.45, 7) is -1.11. The van der Waals surface area contributed by atoms with Crippen LogP contribution in [0, 0.1) is 0 Å². The maximum atomic E-state index is 13.0. The van der Waals surface area contributed by atoms with E-state index < -0.39 is 40.9 Å². The van der Waals surface area contributed by atoms with E-state index in [4.69, 9.17) is 5.11 Å². The minimum absolute atomic E-state index is 0.167. The van der Waals surface area contributed by atoms with Gasteiger partial charge in [0.2, 0.25) is 10.7 Å². The van der Waals surface area contributed by atoms with Gasteiger partial charge in [-0.25, -0.2) is 13.2 Å². The molecule has 1 aromatic carbocycles. The average molecular weight is 330 g/mol. The number of hydrogen-bond acceptors (Lipinski definition) is 5. The number of hydrogen-bond donors (Lipinski definition) is 2. The van der Waals surface area contributed by atoms with E-state index >= 15 is 0 Å². The number of alkyl halides is 4. The van der Waals surface area contributed by atoms with E-state index in [0.717, 1.165) is 6.07 Å². The molecule has 0 fully saturated rings. The third-order valence-electron chi connectivity index (χ3n) is 2.40. The molecule has 0 aliphatic heterocycles. The van der Waals surface area contributed by atoms with Gasteiger partial charge in [-0.05, 0) is 18.2 Å². The van der Waals surface area contributed by atoms with Gasteiger partial charge in [0, 0.05) is 0 Å². The number of carbonyl (C=O) groups excluding carboxylic acids is 1. The van der Waals surface area contributed by atoms with Crippen LogP contribution in [-0.4, -0.2) is 37.3 Å². The molecule has 5 nitrogen and oxygen atoms in total. The molecule has 0 heterocycles. The van der Waals surface area contributed by atoms with Crippen LogP contribution >= 0.6 is 0 Å². The number of thiol groups is 1. The highest BCUT2D eigenvalue weighted by Gasteiger charge is 2.59. The van der Waals surface area contributed by atoms with E-state index in [9.17, 15) is 30.8 Å². The molecular weight excluding hydrogens is 320 g/mol. The molecule has 0 atom stereocenters. The molecule has 118 valence electrons. The first-order valence-electron chi connectivity index (χ1n) is 5.44. The number of ether oxygens (including phenoxy) is 1. The number of aromatic hydroxyl groups is 1. The Kier molecular flexibility index (Phi) is 5.15. The molecule has 0 aromatic heterocycles. The van der Waals surface area contributed by atoms with Crippen LogP contribution in [0.3, 0.4) is 0 Å². The molecule has 0 aliphatic carbocycles. The van der Waals surface area contributed by atoms with Crippen molar-refractivity contribution < 1.29 is 40.6 Å². The number of rotatable bonds is 6. The lowest BCUT2D eigenvalue weighted by Crippen LogP contribution is -2.42. The van der Waals surface area contributed by atoms with Crippen molar-refractivity contribution in [3.05, 3.63) is 29.8 Å². The zero-order chi connectivity index (χ0) is 16.3. The van der Waals surface area contributed by atoms with E-state index in [1.54, 1.807) is 0 Å². The second-order valence-electron chi connectivity index (χ2n) is 3.94. The predicted molar refractivity (Wildman–Crippen MR) is 63.2 cm³/mol. The van der Waals surface area contributed by atoms with Crippen LogP contribution in [-0.2, 0) is 15.4 Å². The summed E-state index contributed by atoms with van der Waals surface area (Å²) in [5.74, 6) is -6.25. The monoisotopic (exact) mass is 330 g/mol. The van der Waals surface area contributed by atoms with Crippen LogP contribution in [0.5, 0.6) is 5.75 Å². The van der Waals surface area contributed by atoms with Gasteiger partial charge < -0.3 is 9.84 Å². The van der Waals surface area contributed by atoms with Crippen molar-refractivity contribution >= 4 is 16.7 Å². The SMILES string of the molecule is O=C(OCCC(F)(F)C(F)(F)[SH](=O)=O)c1cccc(O)c1. The number of esters is 1. The van der Waals surface area contributed by atoms with Gasteiger partial charge in [-0.3, -0.25) is 0 Å². The highest BCUT2D eigenvalue weighted by molar-refractivity contribution is 7.73. The van der Waals surface area contributed by atoms with Gasteiger partial charge in [0.1, 0.15) is 5.75 Å². The number of halogens is 4. The zero-order valence-electron chi connectivity index (χ0n) is 10.3. The normalized spacial score (nSPS) is 12.4. The molecule has 0 aliphatic rings. The van der Waals surface area contributed by atoms with Crippen LogP contribution < -0.4 is 0 Å². The summed E-state index contributed by atoms with van der Waals surface area (Å²) >= 11 is 0. The second kappa shape index (κ2) is 6.29. The minimum Gasteiger partial charge on any atom is -0.508 e. The Balaban J connectivity index is 2.63. The summed E-state index contributed by atoms with van der Waals surface area (Å²) < 4.78 is 75.9. The Morgan fingerprint density at radius 1 is 1.24 bits per heavy atom. The summed E-state index contributed by atoms with van der Waals surface area (Å²) in [6, 6.07) is 4.74. The molecule has 21 heavy (non-hydrogen) atoms. The molecule has 10 heteroatoms. The van der Waals surface area contributed by atoms with Crippen molar-refractivity contribution in [2.75, 3.05) is 6.61 Å². The van der Waals surface area contributed by atoms with Crippen LogP contribution in [0.4, 0.5) is 17.6 Å². The Labute approximate surface area is 118 Å². The molecule has 0 saturated carbocycles. The maximum absolute atomic E-state index is 13.0. The van der Waals surface area contributed by atoms with E-state index in [-0.39, 0.29) is 11.3 Å². The van der Waals surface area contributed by atoms with Gasteiger partial charge in [-0.15, -0.1) is 0 Å². The van der Waals surface area contributed by atoms with E-state index in [1.165, 1.54) is 18.2 Å². The third kappa shape index (κ3) is 4.06. The second-order valence-corrected chi connectivity index (χ2v) is 5.01. The lowest BCUT2D eigenvalue weighted by atomic mass is 10.2. The Hall–Kier alpha value is -1.84. The van der Waals surface area contributed by atoms with Gasteiger partial charge in [-0.1, -0.05) is 6.07 Å². The van der Waals surface area contributed by atoms with Gasteiger partial charge in [0.25, 0.3) is 0 Å². The zero-order valence-corrected chi connectivity index (χ0v) is 11.2. The highest BCUT2D eigenvalue weighted by atomic mass is 32.2. The van der Waals surface area contributed by atoms with Gasteiger partial charge in [0.15, 0.2) is 0 Å². The third-order valence-corrected chi connectivity index (χ3v) is 3.19. The minimum atomic E-state index is -5.22. The molecule has 0 radical (unpaired) electrons. The molecule has 0 amide bonds. The summed E-state index contributed by atoms with van der Waals surface area (Å²) in [4.78, 5) is 11.4. The van der Waals surface area contributed by atoms with Crippen molar-refractivity contribution in [2.45, 2.75) is 17.6 Å². The van der Waals surface area contributed by atoms with Crippen molar-refractivity contribution in [3.8, 4) is 5.75 Å². The standard InChI is InChI=1S/C11H10F4O5S/c12-10(13,11(14,15)21(18)19)4-5-20-9(17)7-2-1-3-8(16)6-7/h1-3,6,16,21H,4-5H2. The average Bonchev–Trinajstić information content (AvgIpc) is 2.37. The Bertz CT molecular complexity index is 592. The smallest absolute Gasteiger partial charge is 0.404 e. The number of phenols is 1. The summed E-state index contributed by atoms with van der Waals surface area (Å²) in [7, 11) is -4.67. The van der Waals surface area contributed by atoms with Crippen LogP contribution in [0.2, 0.25) is 0 Å². The quantitative estimate of drug-likeness (QED) is 0.472. The van der Waals surface area contributed by atoms with Crippen molar-refractivity contribution in [3.63, 3.8) is 0 Å². The summed E-state index contributed by atoms with van der Waals surface area (Å²) in [6.07, 6.45) is -1.66. The first kappa shape index (κ1) is 17.2. The first-order valence-corrected chi connectivity index (χ1v) is 6.62. The fourth-order valence-corrected chi connectivity index (χ4v) is 1.65. The summed E-state index contributed by atoms with van der Waals surface area (Å²) in [5, 5.41) is 3.87.